The first-order chi connectivity index (χ1) is 19.4. The van der Waals surface area contributed by atoms with E-state index in [2.05, 4.69) is 25.6 Å². The Bertz CT molecular complexity index is 1240. The maximum Gasteiger partial charge on any atom is 0.259 e. The van der Waals surface area contributed by atoms with E-state index in [0.29, 0.717) is 26.1 Å². The average Bonchev–Trinajstić information content (AvgIpc) is 3.31. The summed E-state index contributed by atoms with van der Waals surface area (Å²) in [5.74, 6) is -0.944. The predicted molar refractivity (Wildman–Crippen MR) is 146 cm³/mol. The van der Waals surface area contributed by atoms with Crippen LogP contribution in [-0.4, -0.2) is 92.2 Å². The lowest BCUT2D eigenvalue weighted by Gasteiger charge is -2.56. The zero-order chi connectivity index (χ0) is 27.9. The smallest absolute Gasteiger partial charge is 0.259 e. The first kappa shape index (κ1) is 27.3. The van der Waals surface area contributed by atoms with Crippen LogP contribution in [0.25, 0.3) is 5.65 Å². The number of hydrogen-bond donors (Lipinski definition) is 3. The third-order valence-corrected chi connectivity index (χ3v) is 9.62. The van der Waals surface area contributed by atoms with Crippen LogP contribution in [0.5, 0.6) is 0 Å². The lowest BCUT2D eigenvalue weighted by molar-refractivity contribution is -0.141. The second-order valence-corrected chi connectivity index (χ2v) is 12.0. The maximum atomic E-state index is 16.1. The van der Waals surface area contributed by atoms with Gasteiger partial charge in [-0.15, -0.1) is 5.10 Å². The van der Waals surface area contributed by atoms with Crippen molar-refractivity contribution < 1.29 is 18.4 Å². The summed E-state index contributed by atoms with van der Waals surface area (Å²) < 4.78 is 31.1. The summed E-state index contributed by atoms with van der Waals surface area (Å²) in [4.78, 5) is 34.7. The number of carbonyl (C=O) groups is 2. The summed E-state index contributed by atoms with van der Waals surface area (Å²) in [6.07, 6.45) is 11.5. The van der Waals surface area contributed by atoms with Crippen LogP contribution in [-0.2, 0) is 4.79 Å². The van der Waals surface area contributed by atoms with Crippen molar-refractivity contribution in [2.24, 2.45) is 0 Å². The third-order valence-electron chi connectivity index (χ3n) is 9.62. The number of amides is 2. The molecule has 4 fully saturated rings. The molecule has 10 nitrogen and oxygen atoms in total. The zero-order valence-electron chi connectivity index (χ0n) is 23.0. The molecule has 4 aliphatic rings. The number of anilines is 1. The van der Waals surface area contributed by atoms with E-state index < -0.39 is 35.5 Å². The number of carbonyl (C=O) groups excluding carboxylic acids is 2. The number of hydrogen-bond acceptors (Lipinski definition) is 7. The summed E-state index contributed by atoms with van der Waals surface area (Å²) in [5, 5.41) is 10.9. The summed E-state index contributed by atoms with van der Waals surface area (Å²) in [7, 11) is 0. The van der Waals surface area contributed by atoms with Crippen molar-refractivity contribution in [3.8, 4) is 0 Å². The van der Waals surface area contributed by atoms with E-state index in [1.165, 1.54) is 17.4 Å². The molecule has 1 saturated carbocycles. The Kier molecular flexibility index (Phi) is 7.64. The molecule has 6 rings (SSSR count). The number of alkyl halides is 1. The molecule has 4 unspecified atom stereocenters. The quantitative estimate of drug-likeness (QED) is 0.529. The van der Waals surface area contributed by atoms with Crippen molar-refractivity contribution in [2.75, 3.05) is 31.9 Å². The molecule has 0 aromatic carbocycles. The molecule has 1 aliphatic carbocycles. The van der Waals surface area contributed by atoms with Crippen LogP contribution in [0, 0.1) is 5.82 Å². The number of halogens is 2. The van der Waals surface area contributed by atoms with Gasteiger partial charge in [0.25, 0.3) is 5.91 Å². The van der Waals surface area contributed by atoms with Crippen molar-refractivity contribution >= 4 is 23.3 Å². The molecule has 218 valence electrons. The van der Waals surface area contributed by atoms with Crippen LogP contribution in [0.4, 0.5) is 14.6 Å². The van der Waals surface area contributed by atoms with Gasteiger partial charge in [-0.3, -0.25) is 14.5 Å². The number of aromatic nitrogens is 3. The number of nitrogens with one attached hydrogen (secondary N) is 2. The highest BCUT2D eigenvalue weighted by molar-refractivity contribution is 6.04. The number of fused-ring (bicyclic) bond motifs is 2. The molecule has 4 atom stereocenters. The van der Waals surface area contributed by atoms with Gasteiger partial charge in [0.15, 0.2) is 17.3 Å². The summed E-state index contributed by atoms with van der Waals surface area (Å²) >= 11 is 0. The molecule has 12 heteroatoms. The first-order valence-electron chi connectivity index (χ1n) is 14.9. The van der Waals surface area contributed by atoms with Gasteiger partial charge >= 0.3 is 0 Å². The van der Waals surface area contributed by atoms with Crippen molar-refractivity contribution in [2.45, 2.75) is 100 Å². The van der Waals surface area contributed by atoms with E-state index >= 15 is 4.39 Å². The van der Waals surface area contributed by atoms with Gasteiger partial charge in [-0.1, -0.05) is 38.5 Å². The minimum Gasteiger partial charge on any atom is -0.381 e. The van der Waals surface area contributed by atoms with E-state index in [9.17, 15) is 14.0 Å². The van der Waals surface area contributed by atoms with Crippen LogP contribution < -0.4 is 16.4 Å². The molecule has 4 N–H and O–H groups in total. The highest BCUT2D eigenvalue weighted by Crippen LogP contribution is 2.37. The Morgan fingerprint density at radius 1 is 1.12 bits per heavy atom. The van der Waals surface area contributed by atoms with Crippen LogP contribution >= 0.6 is 0 Å². The number of rotatable bonds is 3. The summed E-state index contributed by atoms with van der Waals surface area (Å²) in [6, 6.07) is -1.03. The SMILES string of the molecule is Nc1nn2cc(F)cnc2c1C(=O)NC1C(N2CCN3C(=O)CCCC3C2)C(F)CNC12CCCCCCCC2. The monoisotopic (exact) mass is 558 g/mol. The molecular weight excluding hydrogens is 518 g/mol. The molecule has 1 spiro atoms. The largest absolute Gasteiger partial charge is 0.381 e. The molecule has 5 heterocycles. The molecule has 2 amide bonds. The third kappa shape index (κ3) is 5.04. The molecule has 3 aliphatic heterocycles. The lowest BCUT2D eigenvalue weighted by Crippen LogP contribution is -2.76. The molecule has 0 bridgehead atoms. The second-order valence-electron chi connectivity index (χ2n) is 12.0. The minimum atomic E-state index is -1.21. The summed E-state index contributed by atoms with van der Waals surface area (Å²) in [6.45, 7) is 1.96. The van der Waals surface area contributed by atoms with Gasteiger partial charge in [0.2, 0.25) is 5.91 Å². The Balaban J connectivity index is 1.35. The minimum absolute atomic E-state index is 0.0504. The van der Waals surface area contributed by atoms with E-state index in [1.54, 1.807) is 0 Å². The number of piperidine rings is 2. The molecule has 2 aromatic rings. The molecule has 40 heavy (non-hydrogen) atoms. The Labute approximate surface area is 233 Å². The van der Waals surface area contributed by atoms with Crippen LogP contribution in [0.1, 0.15) is 81.0 Å². The molecular formula is C28H40F2N8O2. The first-order valence-corrected chi connectivity index (χ1v) is 14.9. The number of nitrogen functional groups attached to an aromatic ring is 1. The fourth-order valence-corrected chi connectivity index (χ4v) is 7.65. The van der Waals surface area contributed by atoms with E-state index in [0.717, 1.165) is 63.8 Å². The Hall–Kier alpha value is -2.86. The van der Waals surface area contributed by atoms with Gasteiger partial charge in [-0.05, 0) is 25.7 Å². The molecule has 2 aromatic heterocycles. The summed E-state index contributed by atoms with van der Waals surface area (Å²) in [5.41, 5.74) is 5.89. The van der Waals surface area contributed by atoms with Gasteiger partial charge in [0.05, 0.1) is 24.5 Å². The van der Waals surface area contributed by atoms with Crippen molar-refractivity contribution in [1.29, 1.82) is 0 Å². The van der Waals surface area contributed by atoms with Crippen molar-refractivity contribution in [3.63, 3.8) is 0 Å². The predicted octanol–water partition coefficient (Wildman–Crippen LogP) is 2.43. The lowest BCUT2D eigenvalue weighted by atomic mass is 9.72. The highest BCUT2D eigenvalue weighted by atomic mass is 19.1. The molecule has 0 radical (unpaired) electrons. The van der Waals surface area contributed by atoms with E-state index in [1.807, 2.05) is 4.90 Å². The highest BCUT2D eigenvalue weighted by Gasteiger charge is 2.53. The van der Waals surface area contributed by atoms with Crippen LogP contribution in [0.2, 0.25) is 0 Å². The topological polar surface area (TPSA) is 121 Å². The van der Waals surface area contributed by atoms with Crippen LogP contribution in [0.3, 0.4) is 0 Å². The average molecular weight is 559 g/mol. The maximum absolute atomic E-state index is 16.1. The second kappa shape index (κ2) is 11.2. The van der Waals surface area contributed by atoms with Gasteiger partial charge in [-0.25, -0.2) is 18.3 Å². The van der Waals surface area contributed by atoms with E-state index in [4.69, 9.17) is 5.73 Å². The van der Waals surface area contributed by atoms with Crippen molar-refractivity contribution in [3.05, 3.63) is 23.8 Å². The Morgan fingerprint density at radius 2 is 1.88 bits per heavy atom. The van der Waals surface area contributed by atoms with Crippen LogP contribution in [0.15, 0.2) is 12.4 Å². The zero-order valence-corrected chi connectivity index (χ0v) is 23.0. The van der Waals surface area contributed by atoms with Gasteiger partial charge < -0.3 is 21.3 Å². The van der Waals surface area contributed by atoms with Gasteiger partial charge in [-0.2, -0.15) is 0 Å². The van der Waals surface area contributed by atoms with Gasteiger partial charge in [0.1, 0.15) is 11.7 Å². The fraction of sp³-hybridized carbons (Fsp3) is 0.714. The number of piperazine rings is 1. The van der Waals surface area contributed by atoms with E-state index in [-0.39, 0.29) is 35.5 Å². The normalized spacial score (nSPS) is 29.9. The number of nitrogens with zero attached hydrogens (tertiary/aromatic N) is 5. The standard InChI is InChI=1S/C28H40F2N8O2/c29-18-14-32-26-22(25(31)35-38(26)16-18)27(40)34-24-23(36-12-13-37-19(17-36)8-7-9-21(37)39)20(30)15-33-28(24)10-5-3-1-2-4-6-11-28/h14,16,19-20,23-24,33H,1-13,15,17H2,(H2,31,35)(H,34,40). The number of nitrogens with two attached hydrogens (primary N) is 1. The van der Waals surface area contributed by atoms with Gasteiger partial charge in [0, 0.05) is 44.2 Å². The fourth-order valence-electron chi connectivity index (χ4n) is 7.65. The molecule has 3 saturated heterocycles. The van der Waals surface area contributed by atoms with Crippen molar-refractivity contribution in [1.82, 2.24) is 35.0 Å². The Morgan fingerprint density at radius 3 is 2.65 bits per heavy atom.